The van der Waals surface area contributed by atoms with Gasteiger partial charge >= 0.3 is 0 Å². The Hall–Kier alpha value is -1.59. The summed E-state index contributed by atoms with van der Waals surface area (Å²) in [4.78, 5) is 36.9. The molecule has 6 heteroatoms. The second kappa shape index (κ2) is 7.43. The van der Waals surface area contributed by atoms with Crippen LogP contribution in [0.2, 0.25) is 0 Å². The third-order valence-electron chi connectivity index (χ3n) is 3.52. The van der Waals surface area contributed by atoms with Crippen LogP contribution in [0, 0.1) is 11.3 Å². The third-order valence-corrected chi connectivity index (χ3v) is 3.52. The van der Waals surface area contributed by atoms with Crippen LogP contribution in [-0.4, -0.2) is 48.8 Å². The Labute approximate surface area is 126 Å². The average molecular weight is 297 g/mol. The van der Waals surface area contributed by atoms with Gasteiger partial charge in [-0.2, -0.15) is 0 Å². The van der Waals surface area contributed by atoms with E-state index >= 15 is 0 Å². The molecule has 0 aromatic carbocycles. The van der Waals surface area contributed by atoms with Gasteiger partial charge in [0.2, 0.25) is 17.7 Å². The molecule has 6 nitrogen and oxygen atoms in total. The largest absolute Gasteiger partial charge is 0.355 e. The fraction of sp³-hybridized carbons (Fsp3) is 0.800. The molecule has 120 valence electrons. The fourth-order valence-electron chi connectivity index (χ4n) is 2.42. The van der Waals surface area contributed by atoms with E-state index in [2.05, 4.69) is 10.6 Å². The number of likely N-dealkylation sites (tertiary alicyclic amines) is 1. The van der Waals surface area contributed by atoms with E-state index in [0.717, 1.165) is 19.4 Å². The van der Waals surface area contributed by atoms with Gasteiger partial charge in [-0.3, -0.25) is 14.4 Å². The number of nitrogens with one attached hydrogen (secondary N) is 2. The lowest BCUT2D eigenvalue weighted by Crippen LogP contribution is -2.49. The Morgan fingerprint density at radius 3 is 2.33 bits per heavy atom. The molecule has 1 aliphatic heterocycles. The minimum Gasteiger partial charge on any atom is -0.355 e. The lowest BCUT2D eigenvalue weighted by atomic mass is 9.91. The number of carbonyl (C=O) groups excluding carboxylic acids is 3. The van der Waals surface area contributed by atoms with E-state index < -0.39 is 5.41 Å². The van der Waals surface area contributed by atoms with E-state index in [1.807, 2.05) is 20.8 Å². The molecule has 0 spiro atoms. The van der Waals surface area contributed by atoms with Crippen LogP contribution in [0.3, 0.4) is 0 Å². The summed E-state index contributed by atoms with van der Waals surface area (Å²) >= 11 is 0. The number of hydrogen-bond acceptors (Lipinski definition) is 3. The van der Waals surface area contributed by atoms with Crippen molar-refractivity contribution in [2.75, 3.05) is 26.2 Å². The first-order valence-electron chi connectivity index (χ1n) is 7.53. The van der Waals surface area contributed by atoms with Gasteiger partial charge in [0.15, 0.2) is 0 Å². The summed E-state index contributed by atoms with van der Waals surface area (Å²) < 4.78 is 0. The van der Waals surface area contributed by atoms with Gasteiger partial charge in [-0.25, -0.2) is 0 Å². The molecule has 0 aromatic rings. The van der Waals surface area contributed by atoms with E-state index in [9.17, 15) is 14.4 Å². The van der Waals surface area contributed by atoms with Gasteiger partial charge in [-0.05, 0) is 12.8 Å². The Kier molecular flexibility index (Phi) is 6.18. The first-order chi connectivity index (χ1) is 9.71. The molecule has 1 atom stereocenters. The molecule has 1 rings (SSSR count). The Morgan fingerprint density at radius 2 is 1.76 bits per heavy atom. The topological polar surface area (TPSA) is 78.5 Å². The highest BCUT2D eigenvalue weighted by Gasteiger charge is 2.33. The van der Waals surface area contributed by atoms with Crippen LogP contribution >= 0.6 is 0 Å². The summed E-state index contributed by atoms with van der Waals surface area (Å²) in [5.74, 6) is -0.198. The number of rotatable bonds is 4. The highest BCUT2D eigenvalue weighted by Crippen LogP contribution is 2.23. The summed E-state index contributed by atoms with van der Waals surface area (Å²) in [7, 11) is 0. The number of hydrogen-bond donors (Lipinski definition) is 2. The zero-order chi connectivity index (χ0) is 16.0. The Morgan fingerprint density at radius 1 is 1.14 bits per heavy atom. The van der Waals surface area contributed by atoms with Crippen LogP contribution in [-0.2, 0) is 14.4 Å². The lowest BCUT2D eigenvalue weighted by Gasteiger charge is -2.35. The van der Waals surface area contributed by atoms with Crippen LogP contribution in [0.4, 0.5) is 0 Å². The van der Waals surface area contributed by atoms with Crippen molar-refractivity contribution in [3.63, 3.8) is 0 Å². The summed E-state index contributed by atoms with van der Waals surface area (Å²) in [5.41, 5.74) is -0.413. The highest BCUT2D eigenvalue weighted by atomic mass is 16.2. The van der Waals surface area contributed by atoms with Gasteiger partial charge in [0.25, 0.3) is 0 Å². The molecule has 0 saturated carbocycles. The van der Waals surface area contributed by atoms with E-state index in [4.69, 9.17) is 0 Å². The van der Waals surface area contributed by atoms with E-state index in [1.165, 1.54) is 6.92 Å². The maximum Gasteiger partial charge on any atom is 0.227 e. The highest BCUT2D eigenvalue weighted by molar-refractivity contribution is 5.84. The second-order valence-corrected chi connectivity index (χ2v) is 6.61. The fourth-order valence-corrected chi connectivity index (χ4v) is 2.42. The van der Waals surface area contributed by atoms with Crippen molar-refractivity contribution in [2.24, 2.45) is 11.3 Å². The first kappa shape index (κ1) is 17.5. The van der Waals surface area contributed by atoms with Crippen molar-refractivity contribution in [1.29, 1.82) is 0 Å². The van der Waals surface area contributed by atoms with E-state index in [0.29, 0.717) is 19.6 Å². The Balaban J connectivity index is 2.43. The minimum absolute atomic E-state index is 0.0354. The monoisotopic (exact) mass is 297 g/mol. The molecular weight excluding hydrogens is 270 g/mol. The van der Waals surface area contributed by atoms with Gasteiger partial charge in [-0.15, -0.1) is 0 Å². The molecule has 1 fully saturated rings. The van der Waals surface area contributed by atoms with Crippen LogP contribution in [0.15, 0.2) is 0 Å². The van der Waals surface area contributed by atoms with Crippen molar-refractivity contribution >= 4 is 17.7 Å². The van der Waals surface area contributed by atoms with Crippen molar-refractivity contribution in [2.45, 2.75) is 40.5 Å². The lowest BCUT2D eigenvalue weighted by molar-refractivity contribution is -0.142. The molecule has 1 heterocycles. The average Bonchev–Trinajstić information content (AvgIpc) is 2.41. The van der Waals surface area contributed by atoms with Crippen LogP contribution in [0.1, 0.15) is 40.5 Å². The van der Waals surface area contributed by atoms with E-state index in [-0.39, 0.29) is 23.6 Å². The van der Waals surface area contributed by atoms with Gasteiger partial charge in [0, 0.05) is 38.5 Å². The first-order valence-corrected chi connectivity index (χ1v) is 7.53. The number of amides is 3. The molecule has 0 bridgehead atoms. The zero-order valence-electron chi connectivity index (χ0n) is 13.5. The molecule has 0 aromatic heterocycles. The van der Waals surface area contributed by atoms with Crippen molar-refractivity contribution < 1.29 is 14.4 Å². The number of carbonyl (C=O) groups is 3. The molecule has 2 N–H and O–H groups in total. The summed E-state index contributed by atoms with van der Waals surface area (Å²) in [6, 6.07) is 0. The summed E-state index contributed by atoms with van der Waals surface area (Å²) in [6.45, 7) is 9.19. The SMILES string of the molecule is CC(=O)NCCNC(=O)C1CCCN(C(=O)C(C)(C)C)C1. The van der Waals surface area contributed by atoms with Crippen LogP contribution in [0.25, 0.3) is 0 Å². The van der Waals surface area contributed by atoms with Crippen molar-refractivity contribution in [3.05, 3.63) is 0 Å². The maximum absolute atomic E-state index is 12.3. The normalized spacial score (nSPS) is 19.0. The predicted octanol–water partition coefficient (Wildman–Crippen LogP) is 0.523. The third kappa shape index (κ3) is 5.73. The predicted molar refractivity (Wildman–Crippen MR) is 80.5 cm³/mol. The van der Waals surface area contributed by atoms with Gasteiger partial charge in [-0.1, -0.05) is 20.8 Å². The van der Waals surface area contributed by atoms with Crippen LogP contribution < -0.4 is 10.6 Å². The number of piperidine rings is 1. The van der Waals surface area contributed by atoms with Gasteiger partial charge < -0.3 is 15.5 Å². The van der Waals surface area contributed by atoms with Gasteiger partial charge in [0.1, 0.15) is 0 Å². The quantitative estimate of drug-likeness (QED) is 0.743. The smallest absolute Gasteiger partial charge is 0.227 e. The molecule has 1 saturated heterocycles. The van der Waals surface area contributed by atoms with E-state index in [1.54, 1.807) is 4.90 Å². The molecule has 0 aliphatic carbocycles. The zero-order valence-corrected chi connectivity index (χ0v) is 13.5. The molecule has 3 amide bonds. The van der Waals surface area contributed by atoms with Crippen molar-refractivity contribution in [1.82, 2.24) is 15.5 Å². The molecular formula is C15H27N3O3. The maximum atomic E-state index is 12.3. The molecule has 0 radical (unpaired) electrons. The summed E-state index contributed by atoms with van der Waals surface area (Å²) in [5, 5.41) is 5.45. The standard InChI is InChI=1S/C15H27N3O3/c1-11(19)16-7-8-17-13(20)12-6-5-9-18(10-12)14(21)15(2,3)4/h12H,5-10H2,1-4H3,(H,16,19)(H,17,20). The molecule has 21 heavy (non-hydrogen) atoms. The molecule has 1 unspecified atom stereocenters. The van der Waals surface area contributed by atoms with Gasteiger partial charge in [0.05, 0.1) is 5.92 Å². The Bertz CT molecular complexity index is 401. The number of nitrogens with zero attached hydrogens (tertiary/aromatic N) is 1. The summed E-state index contributed by atoms with van der Waals surface area (Å²) in [6.07, 6.45) is 1.66. The molecule has 1 aliphatic rings. The second-order valence-electron chi connectivity index (χ2n) is 6.61. The minimum atomic E-state index is -0.413. The van der Waals surface area contributed by atoms with Crippen LogP contribution in [0.5, 0.6) is 0 Å². The van der Waals surface area contributed by atoms with Crippen molar-refractivity contribution in [3.8, 4) is 0 Å².